The van der Waals surface area contributed by atoms with Crippen molar-refractivity contribution in [3.05, 3.63) is 83.4 Å². The Balaban J connectivity index is 1.71. The van der Waals surface area contributed by atoms with Gasteiger partial charge in [0.25, 0.3) is 0 Å². The summed E-state index contributed by atoms with van der Waals surface area (Å²) in [5.41, 5.74) is 0.551. The second kappa shape index (κ2) is 8.98. The van der Waals surface area contributed by atoms with Gasteiger partial charge in [-0.15, -0.1) is 0 Å². The van der Waals surface area contributed by atoms with E-state index in [0.29, 0.717) is 5.56 Å². The number of fused-ring (bicyclic) bond motifs is 1. The maximum atomic E-state index is 12.7. The summed E-state index contributed by atoms with van der Waals surface area (Å²) < 4.78 is 38.1. The van der Waals surface area contributed by atoms with Crippen LogP contribution in [-0.2, 0) is 28.6 Å². The quantitative estimate of drug-likeness (QED) is 0.593. The van der Waals surface area contributed by atoms with Gasteiger partial charge in [0, 0.05) is 6.04 Å². The molecular weight excluding hydrogens is 395 g/mol. The van der Waals surface area contributed by atoms with Crippen LogP contribution in [0.3, 0.4) is 0 Å². The molecule has 0 spiro atoms. The number of carboxylic acid groups (broad SMARTS) is 1. The summed E-state index contributed by atoms with van der Waals surface area (Å²) in [4.78, 5) is 23.8. The van der Waals surface area contributed by atoms with Gasteiger partial charge < -0.3 is 10.4 Å². The van der Waals surface area contributed by atoms with Crippen LogP contribution in [0, 0.1) is 0 Å². The first kappa shape index (κ1) is 21.4. The first-order valence-corrected chi connectivity index (χ1v) is 9.36. The summed E-state index contributed by atoms with van der Waals surface area (Å²) in [5, 5.41) is 13.8. The number of aliphatic carboxylic acids is 1. The SMILES string of the molecule is O=C(O)C[C@H](Cc1ccc(C(F)(F)F)cc1)NC(=O)Cc1cccc2ccccc12. The Bertz CT molecular complexity index is 1040. The van der Waals surface area contributed by atoms with Crippen molar-refractivity contribution in [1.29, 1.82) is 0 Å². The van der Waals surface area contributed by atoms with E-state index in [1.807, 2.05) is 42.5 Å². The van der Waals surface area contributed by atoms with Gasteiger partial charge in [0.05, 0.1) is 18.4 Å². The number of halogens is 3. The van der Waals surface area contributed by atoms with Crippen LogP contribution in [0.5, 0.6) is 0 Å². The first-order valence-electron chi connectivity index (χ1n) is 9.36. The number of benzene rings is 3. The molecule has 1 amide bonds. The van der Waals surface area contributed by atoms with Crippen molar-refractivity contribution >= 4 is 22.6 Å². The molecule has 0 saturated heterocycles. The molecule has 0 aliphatic carbocycles. The number of amides is 1. The highest BCUT2D eigenvalue weighted by atomic mass is 19.4. The standard InChI is InChI=1S/C23H20F3NO3/c24-23(25,26)18-10-8-15(9-11-18)12-19(14-22(29)30)27-21(28)13-17-6-3-5-16-4-1-2-7-20(16)17/h1-11,19H,12-14H2,(H,27,28)(H,29,30)/t19-/m0/s1. The van der Waals surface area contributed by atoms with Gasteiger partial charge in [-0.1, -0.05) is 54.6 Å². The molecule has 0 aromatic heterocycles. The van der Waals surface area contributed by atoms with E-state index >= 15 is 0 Å². The predicted octanol–water partition coefficient (Wildman–Crippen LogP) is 4.60. The molecule has 3 aromatic rings. The van der Waals surface area contributed by atoms with E-state index in [4.69, 9.17) is 5.11 Å². The minimum Gasteiger partial charge on any atom is -0.481 e. The van der Waals surface area contributed by atoms with Gasteiger partial charge in [-0.05, 0) is 40.5 Å². The molecule has 3 aromatic carbocycles. The maximum Gasteiger partial charge on any atom is 0.416 e. The summed E-state index contributed by atoms with van der Waals surface area (Å²) >= 11 is 0. The van der Waals surface area contributed by atoms with E-state index in [9.17, 15) is 22.8 Å². The largest absolute Gasteiger partial charge is 0.481 e. The zero-order chi connectivity index (χ0) is 21.7. The van der Waals surface area contributed by atoms with E-state index in [0.717, 1.165) is 28.5 Å². The molecule has 7 heteroatoms. The van der Waals surface area contributed by atoms with Crippen molar-refractivity contribution in [1.82, 2.24) is 5.32 Å². The highest BCUT2D eigenvalue weighted by Crippen LogP contribution is 2.29. The molecule has 0 aliphatic heterocycles. The molecule has 0 aliphatic rings. The second-order valence-corrected chi connectivity index (χ2v) is 7.08. The van der Waals surface area contributed by atoms with E-state index in [-0.39, 0.29) is 25.2 Å². The highest BCUT2D eigenvalue weighted by Gasteiger charge is 2.30. The lowest BCUT2D eigenvalue weighted by molar-refractivity contribution is -0.138. The van der Waals surface area contributed by atoms with E-state index in [2.05, 4.69) is 5.32 Å². The van der Waals surface area contributed by atoms with Crippen molar-refractivity contribution in [2.24, 2.45) is 0 Å². The number of carbonyl (C=O) groups excluding carboxylic acids is 1. The maximum absolute atomic E-state index is 12.7. The third-order valence-corrected chi connectivity index (χ3v) is 4.78. The van der Waals surface area contributed by atoms with Crippen LogP contribution >= 0.6 is 0 Å². The third-order valence-electron chi connectivity index (χ3n) is 4.78. The number of carbonyl (C=O) groups is 2. The van der Waals surface area contributed by atoms with Crippen molar-refractivity contribution < 1.29 is 27.9 Å². The zero-order valence-electron chi connectivity index (χ0n) is 15.9. The summed E-state index contributed by atoms with van der Waals surface area (Å²) in [6.07, 6.45) is -4.58. The minimum absolute atomic E-state index is 0.0739. The van der Waals surface area contributed by atoms with Crippen LogP contribution in [0.25, 0.3) is 10.8 Å². The van der Waals surface area contributed by atoms with Crippen molar-refractivity contribution in [3.63, 3.8) is 0 Å². The molecule has 1 atom stereocenters. The summed E-state index contributed by atoms with van der Waals surface area (Å²) in [6, 6.07) is 17.0. The fraction of sp³-hybridized carbons (Fsp3) is 0.217. The lowest BCUT2D eigenvalue weighted by Gasteiger charge is -2.18. The Morgan fingerprint density at radius 3 is 2.27 bits per heavy atom. The number of alkyl halides is 3. The third kappa shape index (κ3) is 5.59. The van der Waals surface area contributed by atoms with Crippen molar-refractivity contribution in [2.45, 2.75) is 31.5 Å². The van der Waals surface area contributed by atoms with E-state index in [1.165, 1.54) is 12.1 Å². The van der Waals surface area contributed by atoms with Crippen LogP contribution in [0.2, 0.25) is 0 Å². The summed E-state index contributed by atoms with van der Waals surface area (Å²) in [5.74, 6) is -1.44. The first-order chi connectivity index (χ1) is 14.2. The molecule has 0 radical (unpaired) electrons. The molecule has 0 heterocycles. The molecule has 0 saturated carbocycles. The molecule has 4 nitrogen and oxygen atoms in total. The molecule has 156 valence electrons. The molecule has 0 fully saturated rings. The van der Waals surface area contributed by atoms with Crippen molar-refractivity contribution in [3.8, 4) is 0 Å². The van der Waals surface area contributed by atoms with Crippen molar-refractivity contribution in [2.75, 3.05) is 0 Å². The van der Waals surface area contributed by atoms with Gasteiger partial charge in [0.2, 0.25) is 5.91 Å². The Morgan fingerprint density at radius 2 is 1.60 bits per heavy atom. The monoisotopic (exact) mass is 415 g/mol. The molecule has 30 heavy (non-hydrogen) atoms. The number of rotatable bonds is 7. The fourth-order valence-electron chi connectivity index (χ4n) is 3.40. The zero-order valence-corrected chi connectivity index (χ0v) is 15.9. The van der Waals surface area contributed by atoms with Gasteiger partial charge in [-0.2, -0.15) is 13.2 Å². The van der Waals surface area contributed by atoms with Gasteiger partial charge >= 0.3 is 12.1 Å². The van der Waals surface area contributed by atoms with Crippen LogP contribution in [0.15, 0.2) is 66.7 Å². The number of carboxylic acids is 1. The summed E-state index contributed by atoms with van der Waals surface area (Å²) in [7, 11) is 0. The lowest BCUT2D eigenvalue weighted by Crippen LogP contribution is -2.39. The fourth-order valence-corrected chi connectivity index (χ4v) is 3.40. The van der Waals surface area contributed by atoms with E-state index < -0.39 is 23.8 Å². The number of hydrogen-bond donors (Lipinski definition) is 2. The van der Waals surface area contributed by atoms with E-state index in [1.54, 1.807) is 0 Å². The van der Waals surface area contributed by atoms with Gasteiger partial charge in [-0.25, -0.2) is 0 Å². The van der Waals surface area contributed by atoms with Gasteiger partial charge in [0.15, 0.2) is 0 Å². The van der Waals surface area contributed by atoms with Crippen LogP contribution in [0.1, 0.15) is 23.1 Å². The second-order valence-electron chi connectivity index (χ2n) is 7.08. The van der Waals surface area contributed by atoms with Gasteiger partial charge in [0.1, 0.15) is 0 Å². The molecular formula is C23H20F3NO3. The predicted molar refractivity (Wildman–Crippen MR) is 107 cm³/mol. The molecule has 0 bridgehead atoms. The minimum atomic E-state index is -4.44. The number of nitrogens with one attached hydrogen (secondary N) is 1. The average molecular weight is 415 g/mol. The molecule has 2 N–H and O–H groups in total. The lowest BCUT2D eigenvalue weighted by atomic mass is 10.00. The molecule has 3 rings (SSSR count). The average Bonchev–Trinajstić information content (AvgIpc) is 2.67. The topological polar surface area (TPSA) is 66.4 Å². The Labute approximate surface area is 171 Å². The molecule has 0 unspecified atom stereocenters. The normalized spacial score (nSPS) is 12.5. The Kier molecular flexibility index (Phi) is 6.40. The van der Waals surface area contributed by atoms with Gasteiger partial charge in [-0.3, -0.25) is 9.59 Å². The van der Waals surface area contributed by atoms with Crippen LogP contribution < -0.4 is 5.32 Å². The highest BCUT2D eigenvalue weighted by molar-refractivity contribution is 5.90. The smallest absolute Gasteiger partial charge is 0.416 e. The van der Waals surface area contributed by atoms with Crippen LogP contribution in [-0.4, -0.2) is 23.0 Å². The Hall–Kier alpha value is -3.35. The number of hydrogen-bond acceptors (Lipinski definition) is 2. The Morgan fingerprint density at radius 1 is 0.933 bits per heavy atom. The summed E-state index contributed by atoms with van der Waals surface area (Å²) in [6.45, 7) is 0. The van der Waals surface area contributed by atoms with Crippen LogP contribution in [0.4, 0.5) is 13.2 Å².